The van der Waals surface area contributed by atoms with Crippen molar-refractivity contribution in [2.45, 2.75) is 37.7 Å². The lowest BCUT2D eigenvalue weighted by atomic mass is 9.86. The minimum Gasteiger partial charge on any atom is -0.373 e. The topological polar surface area (TPSA) is 55.6 Å². The highest BCUT2D eigenvalue weighted by Gasteiger charge is 2.38. The number of nitrogens with two attached hydrogens (primary N) is 1. The summed E-state index contributed by atoms with van der Waals surface area (Å²) in [6.07, 6.45) is 5.63. The Morgan fingerprint density at radius 1 is 1.33 bits per heavy atom. The molecule has 2 aliphatic rings. The molecule has 0 unspecified atom stereocenters. The van der Waals surface area contributed by atoms with E-state index >= 15 is 0 Å². The van der Waals surface area contributed by atoms with Gasteiger partial charge in [0.05, 0.1) is 12.1 Å². The minimum atomic E-state index is -0.0403. The number of ether oxygens (including phenoxy) is 1. The predicted molar refractivity (Wildman–Crippen MR) is 57.4 cm³/mol. The van der Waals surface area contributed by atoms with Gasteiger partial charge in [-0.3, -0.25) is 4.79 Å². The molecule has 0 aromatic carbocycles. The van der Waals surface area contributed by atoms with Crippen LogP contribution in [0.2, 0.25) is 0 Å². The molecule has 0 aromatic rings. The molecule has 1 atom stereocenters. The number of carbonyl (C=O) groups excluding carboxylic acids is 1. The van der Waals surface area contributed by atoms with Gasteiger partial charge in [-0.25, -0.2) is 0 Å². The van der Waals surface area contributed by atoms with Crippen molar-refractivity contribution in [3.05, 3.63) is 0 Å². The molecule has 2 N–H and O–H groups in total. The number of rotatable bonds is 1. The van der Waals surface area contributed by atoms with Crippen LogP contribution in [-0.2, 0) is 9.53 Å². The summed E-state index contributed by atoms with van der Waals surface area (Å²) >= 11 is 0. The number of carbonyl (C=O) groups is 1. The molecule has 0 saturated carbocycles. The zero-order chi connectivity index (χ0) is 10.7. The van der Waals surface area contributed by atoms with Crippen molar-refractivity contribution in [2.24, 2.45) is 5.73 Å². The van der Waals surface area contributed by atoms with Gasteiger partial charge in [-0.15, -0.1) is 0 Å². The van der Waals surface area contributed by atoms with Crippen LogP contribution in [0.15, 0.2) is 0 Å². The van der Waals surface area contributed by atoms with Gasteiger partial charge in [0.25, 0.3) is 0 Å². The molecule has 1 spiro atoms. The average molecular weight is 212 g/mol. The Morgan fingerprint density at radius 3 is 2.80 bits per heavy atom. The maximum atomic E-state index is 11.5. The second kappa shape index (κ2) is 4.49. The average Bonchev–Trinajstić information content (AvgIpc) is 2.29. The van der Waals surface area contributed by atoms with E-state index in [1.165, 1.54) is 6.42 Å². The van der Waals surface area contributed by atoms with Crippen molar-refractivity contribution in [3.8, 4) is 0 Å². The summed E-state index contributed by atoms with van der Waals surface area (Å²) in [4.78, 5) is 13.4. The monoisotopic (exact) mass is 212 g/mol. The van der Waals surface area contributed by atoms with E-state index in [2.05, 4.69) is 0 Å². The van der Waals surface area contributed by atoms with Gasteiger partial charge in [0.15, 0.2) is 0 Å². The van der Waals surface area contributed by atoms with Gasteiger partial charge in [0.2, 0.25) is 5.91 Å². The number of hydrogen-bond acceptors (Lipinski definition) is 3. The first kappa shape index (κ1) is 10.9. The Morgan fingerprint density at radius 2 is 2.13 bits per heavy atom. The first-order chi connectivity index (χ1) is 7.26. The van der Waals surface area contributed by atoms with Crippen LogP contribution in [0, 0.1) is 0 Å². The molecule has 0 aliphatic carbocycles. The SMILES string of the molecule is NCC(=O)N1CCC[C@@]2(CCCCO2)C1. The van der Waals surface area contributed by atoms with E-state index in [1.807, 2.05) is 4.90 Å². The summed E-state index contributed by atoms with van der Waals surface area (Å²) in [6.45, 7) is 2.57. The first-order valence-electron chi connectivity index (χ1n) is 5.88. The Bertz CT molecular complexity index is 231. The van der Waals surface area contributed by atoms with Crippen molar-refractivity contribution >= 4 is 5.91 Å². The number of nitrogens with zero attached hydrogens (tertiary/aromatic N) is 1. The Hall–Kier alpha value is -0.610. The van der Waals surface area contributed by atoms with E-state index in [1.54, 1.807) is 0 Å². The molecule has 1 amide bonds. The lowest BCUT2D eigenvalue weighted by Crippen LogP contribution is -2.54. The van der Waals surface area contributed by atoms with Crippen LogP contribution in [0.5, 0.6) is 0 Å². The van der Waals surface area contributed by atoms with Crippen molar-refractivity contribution < 1.29 is 9.53 Å². The van der Waals surface area contributed by atoms with E-state index in [4.69, 9.17) is 10.5 Å². The van der Waals surface area contributed by atoms with Crippen molar-refractivity contribution in [3.63, 3.8) is 0 Å². The van der Waals surface area contributed by atoms with Crippen LogP contribution in [0.25, 0.3) is 0 Å². The van der Waals surface area contributed by atoms with Gasteiger partial charge in [-0.2, -0.15) is 0 Å². The quantitative estimate of drug-likeness (QED) is 0.689. The third-order valence-corrected chi connectivity index (χ3v) is 3.50. The molecule has 0 bridgehead atoms. The second-order valence-corrected chi connectivity index (χ2v) is 4.61. The van der Waals surface area contributed by atoms with Crippen LogP contribution in [0.4, 0.5) is 0 Å². The van der Waals surface area contributed by atoms with Gasteiger partial charge in [-0.1, -0.05) is 0 Å². The van der Waals surface area contributed by atoms with Crippen molar-refractivity contribution in [2.75, 3.05) is 26.2 Å². The highest BCUT2D eigenvalue weighted by Crippen LogP contribution is 2.33. The molecule has 15 heavy (non-hydrogen) atoms. The molecule has 4 nitrogen and oxygen atoms in total. The Labute approximate surface area is 90.8 Å². The normalized spacial score (nSPS) is 31.9. The summed E-state index contributed by atoms with van der Waals surface area (Å²) < 4.78 is 5.90. The van der Waals surface area contributed by atoms with E-state index in [9.17, 15) is 4.79 Å². The molecule has 2 fully saturated rings. The van der Waals surface area contributed by atoms with Gasteiger partial charge in [0.1, 0.15) is 0 Å². The molecular formula is C11H20N2O2. The molecular weight excluding hydrogens is 192 g/mol. The molecule has 2 heterocycles. The summed E-state index contributed by atoms with van der Waals surface area (Å²) in [6, 6.07) is 0. The van der Waals surface area contributed by atoms with Crippen LogP contribution in [0.3, 0.4) is 0 Å². The van der Waals surface area contributed by atoms with Crippen LogP contribution in [0.1, 0.15) is 32.1 Å². The molecule has 0 radical (unpaired) electrons. The summed E-state index contributed by atoms with van der Waals surface area (Å²) in [7, 11) is 0. The zero-order valence-electron chi connectivity index (χ0n) is 9.21. The fraction of sp³-hybridized carbons (Fsp3) is 0.909. The lowest BCUT2D eigenvalue weighted by Gasteiger charge is -2.44. The number of piperidine rings is 1. The Balaban J connectivity index is 1.99. The Kier molecular flexibility index (Phi) is 3.26. The molecule has 0 aromatic heterocycles. The second-order valence-electron chi connectivity index (χ2n) is 4.61. The predicted octanol–water partition coefficient (Wildman–Crippen LogP) is 0.507. The number of hydrogen-bond donors (Lipinski definition) is 1. The summed E-state index contributed by atoms with van der Waals surface area (Å²) in [5.41, 5.74) is 5.35. The largest absolute Gasteiger partial charge is 0.373 e. The van der Waals surface area contributed by atoms with Gasteiger partial charge >= 0.3 is 0 Å². The van der Waals surface area contributed by atoms with Crippen LogP contribution in [-0.4, -0.2) is 42.6 Å². The maximum Gasteiger partial charge on any atom is 0.236 e. The summed E-state index contributed by atoms with van der Waals surface area (Å²) in [5.74, 6) is 0.0586. The van der Waals surface area contributed by atoms with Crippen molar-refractivity contribution in [1.82, 2.24) is 4.90 Å². The van der Waals surface area contributed by atoms with E-state index in [0.29, 0.717) is 0 Å². The van der Waals surface area contributed by atoms with E-state index in [0.717, 1.165) is 45.4 Å². The maximum absolute atomic E-state index is 11.5. The van der Waals surface area contributed by atoms with Crippen LogP contribution >= 0.6 is 0 Å². The van der Waals surface area contributed by atoms with Crippen LogP contribution < -0.4 is 5.73 Å². The van der Waals surface area contributed by atoms with Crippen molar-refractivity contribution in [1.29, 1.82) is 0 Å². The number of likely N-dealkylation sites (tertiary alicyclic amines) is 1. The van der Waals surface area contributed by atoms with Gasteiger partial charge in [-0.05, 0) is 32.1 Å². The fourth-order valence-electron chi connectivity index (χ4n) is 2.67. The highest BCUT2D eigenvalue weighted by molar-refractivity contribution is 5.78. The zero-order valence-corrected chi connectivity index (χ0v) is 9.21. The molecule has 2 aliphatic heterocycles. The van der Waals surface area contributed by atoms with E-state index in [-0.39, 0.29) is 18.1 Å². The molecule has 86 valence electrons. The van der Waals surface area contributed by atoms with Gasteiger partial charge in [0, 0.05) is 19.7 Å². The van der Waals surface area contributed by atoms with Gasteiger partial charge < -0.3 is 15.4 Å². The third kappa shape index (κ3) is 2.32. The third-order valence-electron chi connectivity index (χ3n) is 3.50. The number of amides is 1. The molecule has 2 saturated heterocycles. The minimum absolute atomic E-state index is 0.0403. The van der Waals surface area contributed by atoms with E-state index < -0.39 is 0 Å². The molecule has 2 rings (SSSR count). The smallest absolute Gasteiger partial charge is 0.236 e. The lowest BCUT2D eigenvalue weighted by molar-refractivity contribution is -0.147. The summed E-state index contributed by atoms with van der Waals surface area (Å²) in [5, 5.41) is 0. The standard InChI is InChI=1S/C11H20N2O2/c12-8-10(14)13-6-3-5-11(9-13)4-1-2-7-15-11/h1-9,12H2/t11-/m0/s1. The first-order valence-corrected chi connectivity index (χ1v) is 5.88. The highest BCUT2D eigenvalue weighted by atomic mass is 16.5. The molecule has 4 heteroatoms. The fourth-order valence-corrected chi connectivity index (χ4v) is 2.67.